The Hall–Kier alpha value is -1.39. The average molecular weight is 360 g/mol. The minimum absolute atomic E-state index is 0.153. The van der Waals surface area contributed by atoms with Gasteiger partial charge in [0.05, 0.1) is 32.2 Å². The van der Waals surface area contributed by atoms with E-state index in [0.29, 0.717) is 12.5 Å². The smallest absolute Gasteiger partial charge is 0.279 e. The van der Waals surface area contributed by atoms with E-state index in [0.717, 1.165) is 31.2 Å². The van der Waals surface area contributed by atoms with Gasteiger partial charge in [-0.05, 0) is 49.3 Å². The number of carbonyl (C=O) groups excluding carboxylic acids is 1. The van der Waals surface area contributed by atoms with Crippen LogP contribution in [-0.4, -0.2) is 44.7 Å². The fourth-order valence-corrected chi connectivity index (χ4v) is 4.59. The van der Waals surface area contributed by atoms with Crippen LogP contribution >= 0.6 is 0 Å². The van der Waals surface area contributed by atoms with Crippen molar-refractivity contribution in [3.63, 3.8) is 0 Å². The molecule has 3 N–H and O–H groups in total. The molecule has 2 heterocycles. The summed E-state index contributed by atoms with van der Waals surface area (Å²) in [5, 5.41) is 3.08. The summed E-state index contributed by atoms with van der Waals surface area (Å²) in [4.78, 5) is 15.7. The van der Waals surface area contributed by atoms with Gasteiger partial charge >= 0.3 is 0 Å². The molecule has 1 aromatic rings. The zero-order valence-corrected chi connectivity index (χ0v) is 16.7. The first-order valence-corrected chi connectivity index (χ1v) is 10.7. The monoisotopic (exact) mass is 359 g/mol. The van der Waals surface area contributed by atoms with Gasteiger partial charge in [-0.2, -0.15) is 0 Å². The second-order valence-corrected chi connectivity index (χ2v) is 8.40. The number of anilines is 1. The lowest BCUT2D eigenvalue weighted by molar-refractivity contribution is -0.958. The molecule has 2 saturated heterocycles. The van der Waals surface area contributed by atoms with E-state index in [1.165, 1.54) is 55.7 Å². The molecule has 144 valence electrons. The van der Waals surface area contributed by atoms with Crippen molar-refractivity contribution in [1.82, 2.24) is 0 Å². The normalized spacial score (nSPS) is 25.6. The molecule has 2 fully saturated rings. The molecule has 0 saturated carbocycles. The Morgan fingerprint density at radius 1 is 1.08 bits per heavy atom. The van der Waals surface area contributed by atoms with Crippen molar-refractivity contribution < 1.29 is 14.6 Å². The number of quaternary nitrogens is 2. The molecule has 0 radical (unpaired) electrons. The third-order valence-corrected chi connectivity index (χ3v) is 6.55. The standard InChI is InChI=1S/C22H35N3O/c1-3-18(2)19-7-9-20(10-8-19)23-22(26)17-24-15-11-21(12-16-24)25-13-5-4-6-14-25/h7-10,18,21H,3-6,11-17H2,1-2H3,(H,23,26)/p+2/t18-/m0/s1. The molecule has 4 heteroatoms. The van der Waals surface area contributed by atoms with Gasteiger partial charge in [-0.3, -0.25) is 4.79 Å². The number of likely N-dealkylation sites (tertiary alicyclic amines) is 2. The second-order valence-electron chi connectivity index (χ2n) is 8.40. The van der Waals surface area contributed by atoms with E-state index in [9.17, 15) is 4.79 Å². The molecular formula is C22H37N3O+2. The van der Waals surface area contributed by atoms with Crippen LogP contribution in [0.3, 0.4) is 0 Å². The summed E-state index contributed by atoms with van der Waals surface area (Å²) >= 11 is 0. The molecule has 2 aliphatic rings. The number of benzene rings is 1. The quantitative estimate of drug-likeness (QED) is 0.703. The van der Waals surface area contributed by atoms with Crippen LogP contribution in [0.2, 0.25) is 0 Å². The highest BCUT2D eigenvalue weighted by molar-refractivity contribution is 5.91. The molecule has 3 rings (SSSR count). The van der Waals surface area contributed by atoms with Gasteiger partial charge < -0.3 is 15.1 Å². The van der Waals surface area contributed by atoms with E-state index >= 15 is 0 Å². The maximum Gasteiger partial charge on any atom is 0.279 e. The highest BCUT2D eigenvalue weighted by atomic mass is 16.2. The minimum atomic E-state index is 0.153. The van der Waals surface area contributed by atoms with Crippen LogP contribution in [0.25, 0.3) is 0 Å². The van der Waals surface area contributed by atoms with Crippen LogP contribution in [0.15, 0.2) is 24.3 Å². The highest BCUT2D eigenvalue weighted by Crippen LogP contribution is 2.20. The van der Waals surface area contributed by atoms with Crippen LogP contribution < -0.4 is 15.1 Å². The van der Waals surface area contributed by atoms with Gasteiger partial charge in [0.2, 0.25) is 0 Å². The van der Waals surface area contributed by atoms with E-state index < -0.39 is 0 Å². The zero-order valence-electron chi connectivity index (χ0n) is 16.7. The molecule has 26 heavy (non-hydrogen) atoms. The van der Waals surface area contributed by atoms with Crippen molar-refractivity contribution in [3.05, 3.63) is 29.8 Å². The lowest BCUT2D eigenvalue weighted by Crippen LogP contribution is -3.21. The first-order valence-electron chi connectivity index (χ1n) is 10.7. The van der Waals surface area contributed by atoms with E-state index in [4.69, 9.17) is 0 Å². The van der Waals surface area contributed by atoms with Crippen LogP contribution in [0, 0.1) is 0 Å². The van der Waals surface area contributed by atoms with Crippen molar-refractivity contribution in [2.24, 2.45) is 0 Å². The third kappa shape index (κ3) is 5.31. The van der Waals surface area contributed by atoms with Gasteiger partial charge in [0, 0.05) is 18.5 Å². The van der Waals surface area contributed by atoms with Crippen molar-refractivity contribution in [2.45, 2.75) is 64.3 Å². The van der Waals surface area contributed by atoms with Crippen molar-refractivity contribution in [3.8, 4) is 0 Å². The Morgan fingerprint density at radius 2 is 1.73 bits per heavy atom. The SMILES string of the molecule is CC[C@H](C)c1ccc(NC(=O)C[NH+]2CCC([NH+]3CCCCC3)CC2)cc1. The number of rotatable bonds is 6. The van der Waals surface area contributed by atoms with E-state index in [1.54, 1.807) is 0 Å². The van der Waals surface area contributed by atoms with Crippen LogP contribution in [-0.2, 0) is 4.79 Å². The number of carbonyl (C=O) groups is 1. The Kier molecular flexibility index (Phi) is 7.09. The number of piperidine rings is 2. The third-order valence-electron chi connectivity index (χ3n) is 6.55. The highest BCUT2D eigenvalue weighted by Gasteiger charge is 2.31. The summed E-state index contributed by atoms with van der Waals surface area (Å²) in [6.07, 6.45) is 7.93. The van der Waals surface area contributed by atoms with Crippen LogP contribution in [0.1, 0.15) is 63.9 Å². The van der Waals surface area contributed by atoms with Crippen molar-refractivity contribution in [1.29, 1.82) is 0 Å². The second kappa shape index (κ2) is 9.52. The first-order chi connectivity index (χ1) is 12.7. The summed E-state index contributed by atoms with van der Waals surface area (Å²) in [7, 11) is 0. The summed E-state index contributed by atoms with van der Waals surface area (Å²) in [5.74, 6) is 0.729. The molecule has 0 aliphatic carbocycles. The van der Waals surface area contributed by atoms with E-state index in [2.05, 4.69) is 31.3 Å². The minimum Gasteiger partial charge on any atom is -0.332 e. The largest absolute Gasteiger partial charge is 0.332 e. The molecule has 0 unspecified atom stereocenters. The molecule has 0 aromatic heterocycles. The lowest BCUT2D eigenvalue weighted by Gasteiger charge is -2.35. The maximum absolute atomic E-state index is 12.4. The van der Waals surface area contributed by atoms with Crippen LogP contribution in [0.5, 0.6) is 0 Å². The Balaban J connectivity index is 1.41. The summed E-state index contributed by atoms with van der Waals surface area (Å²) in [6.45, 7) is 10.1. The van der Waals surface area contributed by atoms with E-state index in [-0.39, 0.29) is 5.91 Å². The van der Waals surface area contributed by atoms with Gasteiger partial charge in [-0.25, -0.2) is 0 Å². The Morgan fingerprint density at radius 3 is 2.35 bits per heavy atom. The number of nitrogens with one attached hydrogen (secondary N) is 3. The Bertz CT molecular complexity index is 557. The van der Waals surface area contributed by atoms with Gasteiger partial charge in [0.25, 0.3) is 5.91 Å². The Labute approximate surface area is 158 Å². The van der Waals surface area contributed by atoms with Gasteiger partial charge in [-0.15, -0.1) is 0 Å². The molecule has 2 aliphatic heterocycles. The number of hydrogen-bond acceptors (Lipinski definition) is 1. The zero-order chi connectivity index (χ0) is 18.4. The first kappa shape index (κ1) is 19.4. The van der Waals surface area contributed by atoms with E-state index in [1.807, 2.05) is 17.0 Å². The molecule has 1 amide bonds. The molecule has 4 nitrogen and oxygen atoms in total. The number of hydrogen-bond donors (Lipinski definition) is 3. The molecule has 1 aromatic carbocycles. The van der Waals surface area contributed by atoms with Crippen molar-refractivity contribution >= 4 is 11.6 Å². The molecular weight excluding hydrogens is 322 g/mol. The summed E-state index contributed by atoms with van der Waals surface area (Å²) < 4.78 is 0. The predicted molar refractivity (Wildman–Crippen MR) is 107 cm³/mol. The topological polar surface area (TPSA) is 38.0 Å². The van der Waals surface area contributed by atoms with Gasteiger partial charge in [-0.1, -0.05) is 26.0 Å². The fourth-order valence-electron chi connectivity index (χ4n) is 4.59. The summed E-state index contributed by atoms with van der Waals surface area (Å²) in [6, 6.07) is 9.21. The number of amides is 1. The van der Waals surface area contributed by atoms with Crippen LogP contribution in [0.4, 0.5) is 5.69 Å². The maximum atomic E-state index is 12.4. The van der Waals surface area contributed by atoms with Gasteiger partial charge in [0.15, 0.2) is 6.54 Å². The summed E-state index contributed by atoms with van der Waals surface area (Å²) in [5.41, 5.74) is 2.27. The average Bonchev–Trinajstić information content (AvgIpc) is 2.69. The fraction of sp³-hybridized carbons (Fsp3) is 0.682. The molecule has 0 bridgehead atoms. The predicted octanol–water partition coefficient (Wildman–Crippen LogP) is 1.25. The van der Waals surface area contributed by atoms with Crippen molar-refractivity contribution in [2.75, 3.05) is 38.0 Å². The lowest BCUT2D eigenvalue weighted by atomic mass is 9.98. The molecule has 0 spiro atoms. The van der Waals surface area contributed by atoms with Gasteiger partial charge in [0.1, 0.15) is 0 Å². The molecule has 1 atom stereocenters.